The first-order valence-electron chi connectivity index (χ1n) is 9.67. The second kappa shape index (κ2) is 11.4. The molecule has 9 heteroatoms. The molecule has 1 aliphatic heterocycles. The maximum absolute atomic E-state index is 10.6. The van der Waals surface area contributed by atoms with Crippen LogP contribution in [0.3, 0.4) is 0 Å². The lowest BCUT2D eigenvalue weighted by Gasteiger charge is -2.34. The number of aliphatic hydroxyl groups excluding tert-OH is 1. The Labute approximate surface area is 164 Å². The summed E-state index contributed by atoms with van der Waals surface area (Å²) in [6.07, 6.45) is 4.47. The van der Waals surface area contributed by atoms with E-state index in [0.29, 0.717) is 11.8 Å². The quantitative estimate of drug-likeness (QED) is 0.726. The Morgan fingerprint density at radius 2 is 1.89 bits per heavy atom. The van der Waals surface area contributed by atoms with E-state index in [4.69, 9.17) is 9.90 Å². The van der Waals surface area contributed by atoms with Crippen LogP contribution in [-0.2, 0) is 18.3 Å². The highest BCUT2D eigenvalue weighted by atomic mass is 19.4. The molecule has 2 N–H and O–H groups in total. The van der Waals surface area contributed by atoms with Gasteiger partial charge in [0.2, 0.25) is 0 Å². The third kappa shape index (κ3) is 9.54. The van der Waals surface area contributed by atoms with Crippen molar-refractivity contribution < 1.29 is 28.2 Å². The van der Waals surface area contributed by atoms with Crippen LogP contribution in [0, 0.1) is 11.8 Å². The maximum atomic E-state index is 10.6. The number of hydrogen-bond acceptors (Lipinski definition) is 4. The minimum absolute atomic E-state index is 0.0949. The Hall–Kier alpha value is -1.61. The number of alkyl halides is 3. The number of hydrogen-bond donors (Lipinski definition) is 2. The normalized spacial score (nSPS) is 17.3. The molecular formula is C19H32F3N3O3. The van der Waals surface area contributed by atoms with Gasteiger partial charge in [-0.1, -0.05) is 13.8 Å². The molecule has 1 aliphatic rings. The van der Waals surface area contributed by atoms with Gasteiger partial charge in [0.05, 0.1) is 12.3 Å². The van der Waals surface area contributed by atoms with Gasteiger partial charge in [0.25, 0.3) is 0 Å². The number of aromatic nitrogens is 2. The summed E-state index contributed by atoms with van der Waals surface area (Å²) >= 11 is 0. The molecule has 1 aromatic heterocycles. The van der Waals surface area contributed by atoms with Crippen LogP contribution in [0.4, 0.5) is 13.2 Å². The fourth-order valence-corrected chi connectivity index (χ4v) is 3.34. The van der Waals surface area contributed by atoms with E-state index in [-0.39, 0.29) is 6.10 Å². The molecule has 0 aromatic carbocycles. The predicted octanol–water partition coefficient (Wildman–Crippen LogP) is 3.11. The van der Waals surface area contributed by atoms with Gasteiger partial charge in [-0.25, -0.2) is 4.79 Å². The van der Waals surface area contributed by atoms with Gasteiger partial charge >= 0.3 is 12.1 Å². The fourth-order valence-electron chi connectivity index (χ4n) is 3.34. The number of nitrogens with zero attached hydrogens (tertiary/aromatic N) is 3. The topological polar surface area (TPSA) is 78.6 Å². The van der Waals surface area contributed by atoms with E-state index in [1.54, 1.807) is 0 Å². The summed E-state index contributed by atoms with van der Waals surface area (Å²) in [7, 11) is 1.97. The highest BCUT2D eigenvalue weighted by Gasteiger charge is 2.38. The number of aryl methyl sites for hydroxylation is 2. The molecule has 28 heavy (non-hydrogen) atoms. The van der Waals surface area contributed by atoms with Crippen LogP contribution in [-0.4, -0.2) is 62.8 Å². The molecule has 2 heterocycles. The highest BCUT2D eigenvalue weighted by Crippen LogP contribution is 2.24. The summed E-state index contributed by atoms with van der Waals surface area (Å²) in [5.74, 6) is -1.65. The molecule has 6 nitrogen and oxygen atoms in total. The number of halogens is 3. The van der Waals surface area contributed by atoms with Gasteiger partial charge in [-0.15, -0.1) is 0 Å². The van der Waals surface area contributed by atoms with E-state index in [2.05, 4.69) is 30.0 Å². The minimum atomic E-state index is -5.08. The van der Waals surface area contributed by atoms with Crippen LogP contribution in [0.15, 0.2) is 12.4 Å². The maximum Gasteiger partial charge on any atom is 0.490 e. The first-order valence-corrected chi connectivity index (χ1v) is 9.67. The van der Waals surface area contributed by atoms with Crippen LogP contribution in [0.2, 0.25) is 0 Å². The van der Waals surface area contributed by atoms with Crippen molar-refractivity contribution in [3.8, 4) is 0 Å². The van der Waals surface area contributed by atoms with Crippen molar-refractivity contribution in [2.24, 2.45) is 18.9 Å². The van der Waals surface area contributed by atoms with Gasteiger partial charge in [-0.3, -0.25) is 4.68 Å². The van der Waals surface area contributed by atoms with Crippen LogP contribution in [0.1, 0.15) is 45.1 Å². The first-order chi connectivity index (χ1) is 13.0. The molecule has 1 saturated heterocycles. The van der Waals surface area contributed by atoms with E-state index in [1.165, 1.54) is 18.5 Å². The number of rotatable bonds is 7. The number of carbonyl (C=O) groups is 1. The molecule has 0 saturated carbocycles. The van der Waals surface area contributed by atoms with E-state index in [9.17, 15) is 18.3 Å². The lowest BCUT2D eigenvalue weighted by atomic mass is 9.87. The van der Waals surface area contributed by atoms with Crippen molar-refractivity contribution >= 4 is 5.97 Å². The number of aliphatic carboxylic acids is 1. The number of carboxylic acid groups (broad SMARTS) is 1. The summed E-state index contributed by atoms with van der Waals surface area (Å²) in [6.45, 7) is 7.84. The average Bonchev–Trinajstić information content (AvgIpc) is 3.00. The Balaban J connectivity index is 0.000000480. The number of aliphatic hydroxyl groups is 1. The fraction of sp³-hybridized carbons (Fsp3) is 0.789. The molecule has 0 radical (unpaired) electrons. The number of piperidine rings is 1. The van der Waals surface area contributed by atoms with Crippen molar-refractivity contribution in [1.82, 2.24) is 14.7 Å². The summed E-state index contributed by atoms with van der Waals surface area (Å²) < 4.78 is 33.6. The van der Waals surface area contributed by atoms with Crippen molar-refractivity contribution in [3.63, 3.8) is 0 Å². The van der Waals surface area contributed by atoms with Gasteiger partial charge in [0.15, 0.2) is 0 Å². The molecule has 1 aromatic rings. The minimum Gasteiger partial charge on any atom is -0.475 e. The Morgan fingerprint density at radius 3 is 2.32 bits per heavy atom. The van der Waals surface area contributed by atoms with Gasteiger partial charge in [0, 0.05) is 13.2 Å². The molecule has 0 aliphatic carbocycles. The lowest BCUT2D eigenvalue weighted by Crippen LogP contribution is -2.38. The average molecular weight is 407 g/mol. The van der Waals surface area contributed by atoms with E-state index in [1.807, 2.05) is 17.9 Å². The zero-order chi connectivity index (χ0) is 21.3. The molecule has 1 fully saturated rings. The molecule has 1 unspecified atom stereocenters. The lowest BCUT2D eigenvalue weighted by molar-refractivity contribution is -0.192. The van der Waals surface area contributed by atoms with Crippen LogP contribution in [0.25, 0.3) is 0 Å². The van der Waals surface area contributed by atoms with Crippen molar-refractivity contribution in [1.29, 1.82) is 0 Å². The standard InChI is InChI=1S/C17H31N3O.C2HF3O2/c1-14(2)11-17(21)16-6-9-20(10-7-16)8-4-5-15-12-18-19(3)13-15;3-2(4,5)1(6)7/h12-14,16-17,21H,4-11H2,1-3H3;(H,6,7). The Kier molecular flexibility index (Phi) is 9.95. The van der Waals surface area contributed by atoms with Crippen molar-refractivity contribution in [3.05, 3.63) is 18.0 Å². The highest BCUT2D eigenvalue weighted by molar-refractivity contribution is 5.73. The number of carboxylic acids is 1. The van der Waals surface area contributed by atoms with Crippen LogP contribution in [0.5, 0.6) is 0 Å². The van der Waals surface area contributed by atoms with E-state index in [0.717, 1.165) is 38.8 Å². The Bertz CT molecular complexity index is 582. The second-order valence-electron chi connectivity index (χ2n) is 7.80. The summed E-state index contributed by atoms with van der Waals surface area (Å²) in [5, 5.41) is 21.6. The second-order valence-corrected chi connectivity index (χ2v) is 7.80. The summed E-state index contributed by atoms with van der Waals surface area (Å²) in [5.41, 5.74) is 1.33. The summed E-state index contributed by atoms with van der Waals surface area (Å²) in [4.78, 5) is 11.4. The molecule has 2 rings (SSSR count). The third-order valence-electron chi connectivity index (χ3n) is 4.83. The Morgan fingerprint density at radius 1 is 1.32 bits per heavy atom. The largest absolute Gasteiger partial charge is 0.490 e. The van der Waals surface area contributed by atoms with Gasteiger partial charge in [-0.2, -0.15) is 18.3 Å². The number of likely N-dealkylation sites (tertiary alicyclic amines) is 1. The van der Waals surface area contributed by atoms with E-state index < -0.39 is 12.1 Å². The van der Waals surface area contributed by atoms with Gasteiger partial charge in [-0.05, 0) is 69.1 Å². The summed E-state index contributed by atoms with van der Waals surface area (Å²) in [6, 6.07) is 0. The van der Waals surface area contributed by atoms with Gasteiger partial charge in [0.1, 0.15) is 0 Å². The molecule has 0 spiro atoms. The molecule has 162 valence electrons. The molecule has 0 bridgehead atoms. The molecule has 0 amide bonds. The molecular weight excluding hydrogens is 375 g/mol. The smallest absolute Gasteiger partial charge is 0.475 e. The third-order valence-corrected chi connectivity index (χ3v) is 4.83. The van der Waals surface area contributed by atoms with Crippen LogP contribution < -0.4 is 0 Å². The van der Waals surface area contributed by atoms with Gasteiger partial charge < -0.3 is 15.1 Å². The van der Waals surface area contributed by atoms with Crippen LogP contribution >= 0.6 is 0 Å². The van der Waals surface area contributed by atoms with Crippen molar-refractivity contribution in [2.45, 2.75) is 58.2 Å². The van der Waals surface area contributed by atoms with Crippen molar-refractivity contribution in [2.75, 3.05) is 19.6 Å². The zero-order valence-electron chi connectivity index (χ0n) is 16.8. The SMILES string of the molecule is CC(C)CC(O)C1CCN(CCCc2cnn(C)c2)CC1.O=C(O)C(F)(F)F. The van der Waals surface area contributed by atoms with E-state index >= 15 is 0 Å². The first kappa shape index (κ1) is 24.4. The monoisotopic (exact) mass is 407 g/mol. The predicted molar refractivity (Wildman–Crippen MR) is 99.8 cm³/mol. The molecule has 1 atom stereocenters. The zero-order valence-corrected chi connectivity index (χ0v) is 16.8.